The summed E-state index contributed by atoms with van der Waals surface area (Å²) in [6, 6.07) is 10.4. The maximum Gasteiger partial charge on any atom is 0.154 e. The van der Waals surface area contributed by atoms with Crippen molar-refractivity contribution < 1.29 is 0 Å². The normalized spacial score (nSPS) is 28.1. The molecule has 3 atom stereocenters. The van der Waals surface area contributed by atoms with E-state index in [2.05, 4.69) is 46.6 Å². The second kappa shape index (κ2) is 4.34. The fourth-order valence-corrected chi connectivity index (χ4v) is 3.42. The number of nitrogens with one attached hydrogen (secondary N) is 1. The smallest absolute Gasteiger partial charge is 0.154 e. The number of allylic oxidation sites excluding steroid dienone is 2. The lowest BCUT2D eigenvalue weighted by Gasteiger charge is -2.13. The quantitative estimate of drug-likeness (QED) is 0.852. The molecule has 0 amide bonds. The Bertz CT molecular complexity index is 599. The third-order valence-corrected chi connectivity index (χ3v) is 4.37. The highest BCUT2D eigenvalue weighted by Gasteiger charge is 2.38. The van der Waals surface area contributed by atoms with Crippen LogP contribution in [0, 0.1) is 11.8 Å². The first-order valence-electron chi connectivity index (χ1n) is 7.02. The molecule has 19 heavy (non-hydrogen) atoms. The molecule has 2 aliphatic carbocycles. The van der Waals surface area contributed by atoms with Gasteiger partial charge in [-0.15, -0.1) is 0 Å². The van der Waals surface area contributed by atoms with Gasteiger partial charge in [0, 0.05) is 12.3 Å². The van der Waals surface area contributed by atoms with Crippen molar-refractivity contribution in [3.63, 3.8) is 0 Å². The molecule has 1 aromatic carbocycles. The zero-order chi connectivity index (χ0) is 12.7. The van der Waals surface area contributed by atoms with Crippen LogP contribution in [0.1, 0.15) is 36.0 Å². The standard InChI is InChI=1S/C16H17N3/c1-2-4-11(5-3-1)10-15-17-16(19-18-15)14-9-12-6-7-13(14)8-12/h1-7,12-14H,8-10H2,(H,17,18,19)/t12-,13+,14-/m0/s1. The van der Waals surface area contributed by atoms with Gasteiger partial charge in [-0.2, -0.15) is 5.10 Å². The number of aromatic nitrogens is 3. The number of H-pyrrole nitrogens is 1. The number of aromatic amines is 1. The summed E-state index contributed by atoms with van der Waals surface area (Å²) in [6.07, 6.45) is 8.08. The molecule has 1 N–H and O–H groups in total. The van der Waals surface area contributed by atoms with Crippen LogP contribution in [0.25, 0.3) is 0 Å². The van der Waals surface area contributed by atoms with Crippen molar-refractivity contribution in [1.29, 1.82) is 0 Å². The zero-order valence-corrected chi connectivity index (χ0v) is 10.8. The molecule has 0 unspecified atom stereocenters. The molecule has 3 nitrogen and oxygen atoms in total. The number of fused-ring (bicyclic) bond motifs is 2. The van der Waals surface area contributed by atoms with Crippen molar-refractivity contribution in [3.8, 4) is 0 Å². The van der Waals surface area contributed by atoms with Gasteiger partial charge in [0.25, 0.3) is 0 Å². The average Bonchev–Trinajstić information content (AvgIpc) is 3.15. The highest BCUT2D eigenvalue weighted by atomic mass is 15.2. The monoisotopic (exact) mass is 251 g/mol. The number of benzene rings is 1. The lowest BCUT2D eigenvalue weighted by molar-refractivity contribution is 0.554. The van der Waals surface area contributed by atoms with Gasteiger partial charge in [-0.3, -0.25) is 5.10 Å². The number of hydrogen-bond acceptors (Lipinski definition) is 2. The molecule has 1 saturated carbocycles. The molecule has 96 valence electrons. The highest BCUT2D eigenvalue weighted by molar-refractivity contribution is 5.21. The Morgan fingerprint density at radius 3 is 2.74 bits per heavy atom. The first kappa shape index (κ1) is 11.0. The summed E-state index contributed by atoms with van der Waals surface area (Å²) in [5.41, 5.74) is 1.28. The fourth-order valence-electron chi connectivity index (χ4n) is 3.42. The second-order valence-electron chi connectivity index (χ2n) is 5.69. The van der Waals surface area contributed by atoms with E-state index in [1.807, 2.05) is 6.07 Å². The maximum atomic E-state index is 4.71. The molecule has 1 aromatic heterocycles. The highest BCUT2D eigenvalue weighted by Crippen LogP contribution is 2.47. The third kappa shape index (κ3) is 1.99. The van der Waals surface area contributed by atoms with Gasteiger partial charge in [-0.05, 0) is 30.2 Å². The SMILES string of the molecule is C1=C[C@@H]2C[C@H]1C[C@@H]2c1n[nH]c(Cc2ccccc2)n1. The molecule has 0 radical (unpaired) electrons. The van der Waals surface area contributed by atoms with Crippen LogP contribution in [0.3, 0.4) is 0 Å². The van der Waals surface area contributed by atoms with E-state index in [9.17, 15) is 0 Å². The molecule has 4 rings (SSSR count). The molecule has 0 spiro atoms. The van der Waals surface area contributed by atoms with Crippen molar-refractivity contribution in [1.82, 2.24) is 15.2 Å². The molecule has 0 aliphatic heterocycles. The summed E-state index contributed by atoms with van der Waals surface area (Å²) in [4.78, 5) is 4.71. The Morgan fingerprint density at radius 1 is 1.11 bits per heavy atom. The number of hydrogen-bond donors (Lipinski definition) is 1. The van der Waals surface area contributed by atoms with Crippen molar-refractivity contribution in [2.24, 2.45) is 11.8 Å². The van der Waals surface area contributed by atoms with E-state index in [1.165, 1.54) is 18.4 Å². The predicted octanol–water partition coefficient (Wildman–Crippen LogP) is 3.08. The van der Waals surface area contributed by atoms with Crippen molar-refractivity contribution in [2.75, 3.05) is 0 Å². The second-order valence-corrected chi connectivity index (χ2v) is 5.69. The van der Waals surface area contributed by atoms with Gasteiger partial charge in [0.2, 0.25) is 0 Å². The van der Waals surface area contributed by atoms with Gasteiger partial charge in [0.05, 0.1) is 0 Å². The Morgan fingerprint density at radius 2 is 2.00 bits per heavy atom. The van der Waals surface area contributed by atoms with E-state index < -0.39 is 0 Å². The van der Waals surface area contributed by atoms with E-state index in [0.717, 1.165) is 24.0 Å². The first-order valence-corrected chi connectivity index (χ1v) is 7.02. The minimum absolute atomic E-state index is 0.538. The molecule has 3 heteroatoms. The van der Waals surface area contributed by atoms with Crippen LogP contribution in [0.4, 0.5) is 0 Å². The fraction of sp³-hybridized carbons (Fsp3) is 0.375. The Balaban J connectivity index is 1.52. The summed E-state index contributed by atoms with van der Waals surface area (Å²) in [5.74, 6) is 3.97. The van der Waals surface area contributed by atoms with Crippen LogP contribution in [-0.2, 0) is 6.42 Å². The summed E-state index contributed by atoms with van der Waals surface area (Å²) in [7, 11) is 0. The predicted molar refractivity (Wildman–Crippen MR) is 73.7 cm³/mol. The Labute approximate surface area is 112 Å². The molecule has 1 fully saturated rings. The summed E-state index contributed by atoms with van der Waals surface area (Å²) in [5, 5.41) is 7.55. The lowest BCUT2D eigenvalue weighted by atomic mass is 9.93. The molecule has 2 aromatic rings. The van der Waals surface area contributed by atoms with Crippen LogP contribution in [0.5, 0.6) is 0 Å². The van der Waals surface area contributed by atoms with Crippen molar-refractivity contribution in [2.45, 2.75) is 25.2 Å². The summed E-state index contributed by atoms with van der Waals surface area (Å²) >= 11 is 0. The van der Waals surface area contributed by atoms with Crippen LogP contribution >= 0.6 is 0 Å². The van der Waals surface area contributed by atoms with Crippen LogP contribution < -0.4 is 0 Å². The summed E-state index contributed by atoms with van der Waals surface area (Å²) in [6.45, 7) is 0. The molecule has 2 bridgehead atoms. The topological polar surface area (TPSA) is 41.6 Å². The van der Waals surface area contributed by atoms with Gasteiger partial charge >= 0.3 is 0 Å². The van der Waals surface area contributed by atoms with Crippen molar-refractivity contribution in [3.05, 3.63) is 59.7 Å². The van der Waals surface area contributed by atoms with E-state index in [0.29, 0.717) is 11.8 Å². The summed E-state index contributed by atoms with van der Waals surface area (Å²) < 4.78 is 0. The van der Waals surface area contributed by atoms with E-state index in [4.69, 9.17) is 4.98 Å². The molecular weight excluding hydrogens is 234 g/mol. The Kier molecular flexibility index (Phi) is 2.50. The van der Waals surface area contributed by atoms with Gasteiger partial charge in [-0.1, -0.05) is 42.5 Å². The lowest BCUT2D eigenvalue weighted by Crippen LogP contribution is -2.07. The van der Waals surface area contributed by atoms with Crippen LogP contribution in [0.2, 0.25) is 0 Å². The average molecular weight is 251 g/mol. The molecule has 2 aliphatic rings. The minimum Gasteiger partial charge on any atom is -0.263 e. The molecule has 1 heterocycles. The first-order chi connectivity index (χ1) is 9.38. The third-order valence-electron chi connectivity index (χ3n) is 4.37. The zero-order valence-electron chi connectivity index (χ0n) is 10.8. The minimum atomic E-state index is 0.538. The van der Waals surface area contributed by atoms with Gasteiger partial charge in [0.1, 0.15) is 5.82 Å². The number of nitrogens with zero attached hydrogens (tertiary/aromatic N) is 2. The largest absolute Gasteiger partial charge is 0.263 e. The van der Waals surface area contributed by atoms with Gasteiger partial charge < -0.3 is 0 Å². The molecule has 0 saturated heterocycles. The van der Waals surface area contributed by atoms with E-state index in [1.54, 1.807) is 0 Å². The van der Waals surface area contributed by atoms with Crippen molar-refractivity contribution >= 4 is 0 Å². The maximum absolute atomic E-state index is 4.71. The van der Waals surface area contributed by atoms with Gasteiger partial charge in [-0.25, -0.2) is 4.98 Å². The Hall–Kier alpha value is -1.90. The number of rotatable bonds is 3. The van der Waals surface area contributed by atoms with E-state index in [-0.39, 0.29) is 0 Å². The van der Waals surface area contributed by atoms with Gasteiger partial charge in [0.15, 0.2) is 5.82 Å². The van der Waals surface area contributed by atoms with E-state index >= 15 is 0 Å². The molecular formula is C16H17N3. The van der Waals surface area contributed by atoms with Crippen LogP contribution in [-0.4, -0.2) is 15.2 Å². The van der Waals surface area contributed by atoms with Crippen LogP contribution in [0.15, 0.2) is 42.5 Å².